The largest absolute Gasteiger partial charge is 0.342 e. The number of nitrogens with zero attached hydrogens (tertiary/aromatic N) is 3. The van der Waals surface area contributed by atoms with Crippen LogP contribution in [0.15, 0.2) is 18.5 Å². The Bertz CT molecular complexity index is 514. The van der Waals surface area contributed by atoms with E-state index in [1.165, 1.54) is 0 Å². The highest BCUT2D eigenvalue weighted by Gasteiger charge is 2.44. The number of aromatic nitrogens is 2. The number of hydrogen-bond acceptors (Lipinski definition) is 4. The molecular weight excluding hydrogens is 268 g/mol. The van der Waals surface area contributed by atoms with E-state index in [2.05, 4.69) is 15.3 Å². The van der Waals surface area contributed by atoms with Gasteiger partial charge in [-0.05, 0) is 25.8 Å². The van der Waals surface area contributed by atoms with Crippen molar-refractivity contribution in [2.24, 2.45) is 0 Å². The number of carbonyl (C=O) groups is 2. The quantitative estimate of drug-likeness (QED) is 0.906. The highest BCUT2D eigenvalue weighted by Crippen LogP contribution is 2.25. The van der Waals surface area contributed by atoms with Gasteiger partial charge in [0.1, 0.15) is 11.4 Å². The third kappa shape index (κ3) is 3.04. The van der Waals surface area contributed by atoms with Crippen molar-refractivity contribution in [2.75, 3.05) is 0 Å². The van der Waals surface area contributed by atoms with Crippen LogP contribution in [-0.4, -0.2) is 38.3 Å². The highest BCUT2D eigenvalue weighted by atomic mass is 16.2. The van der Waals surface area contributed by atoms with E-state index >= 15 is 0 Å². The molecule has 1 aromatic rings. The summed E-state index contributed by atoms with van der Waals surface area (Å²) in [7, 11) is 0. The Labute approximate surface area is 125 Å². The molecule has 1 aromatic heterocycles. The Morgan fingerprint density at radius 1 is 1.29 bits per heavy atom. The van der Waals surface area contributed by atoms with Gasteiger partial charge in [0.15, 0.2) is 0 Å². The third-order valence-corrected chi connectivity index (χ3v) is 4.20. The van der Waals surface area contributed by atoms with Gasteiger partial charge in [-0.2, -0.15) is 0 Å². The van der Waals surface area contributed by atoms with Crippen LogP contribution in [-0.2, 0) is 16.1 Å². The van der Waals surface area contributed by atoms with Crippen molar-refractivity contribution < 1.29 is 9.59 Å². The van der Waals surface area contributed by atoms with Crippen molar-refractivity contribution in [3.05, 3.63) is 24.3 Å². The predicted molar refractivity (Wildman–Crippen MR) is 78.1 cm³/mol. The Balaban J connectivity index is 2.32. The first-order chi connectivity index (χ1) is 10.0. The van der Waals surface area contributed by atoms with Crippen LogP contribution in [0.3, 0.4) is 0 Å². The van der Waals surface area contributed by atoms with Crippen LogP contribution in [0.5, 0.6) is 0 Å². The number of carbonyl (C=O) groups excluding carboxylic acids is 2. The van der Waals surface area contributed by atoms with E-state index in [1.54, 1.807) is 23.4 Å². The van der Waals surface area contributed by atoms with E-state index in [4.69, 9.17) is 0 Å². The molecule has 0 radical (unpaired) electrons. The van der Waals surface area contributed by atoms with E-state index in [0.29, 0.717) is 31.6 Å². The first-order valence-electron chi connectivity index (χ1n) is 7.40. The molecule has 114 valence electrons. The summed E-state index contributed by atoms with van der Waals surface area (Å²) >= 11 is 0. The van der Waals surface area contributed by atoms with Gasteiger partial charge in [-0.15, -0.1) is 0 Å². The van der Waals surface area contributed by atoms with Crippen LogP contribution in [0.2, 0.25) is 0 Å². The molecule has 1 saturated heterocycles. The molecule has 2 heterocycles. The lowest BCUT2D eigenvalue weighted by Gasteiger charge is -2.35. The molecule has 1 unspecified atom stereocenters. The molecule has 1 fully saturated rings. The third-order valence-electron chi connectivity index (χ3n) is 4.20. The molecule has 0 aromatic carbocycles. The lowest BCUT2D eigenvalue weighted by Crippen LogP contribution is -2.57. The van der Waals surface area contributed by atoms with Gasteiger partial charge < -0.3 is 10.2 Å². The van der Waals surface area contributed by atoms with Gasteiger partial charge in [0.05, 0.1) is 6.54 Å². The van der Waals surface area contributed by atoms with Gasteiger partial charge in [0, 0.05) is 24.9 Å². The van der Waals surface area contributed by atoms with E-state index in [9.17, 15) is 9.59 Å². The minimum atomic E-state index is -0.809. The lowest BCUT2D eigenvalue weighted by atomic mass is 9.91. The summed E-state index contributed by atoms with van der Waals surface area (Å²) < 4.78 is 0. The van der Waals surface area contributed by atoms with Gasteiger partial charge in [-0.3, -0.25) is 9.59 Å². The van der Waals surface area contributed by atoms with Crippen LogP contribution < -0.4 is 5.32 Å². The van der Waals surface area contributed by atoms with E-state index < -0.39 is 5.54 Å². The summed E-state index contributed by atoms with van der Waals surface area (Å²) in [5, 5.41) is 2.92. The molecule has 0 bridgehead atoms. The molecule has 0 spiro atoms. The molecule has 21 heavy (non-hydrogen) atoms. The van der Waals surface area contributed by atoms with Crippen molar-refractivity contribution in [1.82, 2.24) is 20.2 Å². The zero-order valence-corrected chi connectivity index (χ0v) is 12.8. The molecule has 2 rings (SSSR count). The smallest absolute Gasteiger partial charge is 0.248 e. The molecule has 0 aliphatic carbocycles. The van der Waals surface area contributed by atoms with Crippen LogP contribution in [0.4, 0.5) is 0 Å². The van der Waals surface area contributed by atoms with Crippen LogP contribution in [0, 0.1) is 0 Å². The number of nitrogens with one attached hydrogen (secondary N) is 1. The minimum Gasteiger partial charge on any atom is -0.342 e. The Kier molecular flexibility index (Phi) is 4.55. The fourth-order valence-corrected chi connectivity index (χ4v) is 2.75. The van der Waals surface area contributed by atoms with Gasteiger partial charge in [0.2, 0.25) is 11.8 Å². The second kappa shape index (κ2) is 6.20. The number of rotatable bonds is 4. The van der Waals surface area contributed by atoms with Crippen molar-refractivity contribution in [2.45, 2.75) is 58.2 Å². The maximum absolute atomic E-state index is 12.9. The second-order valence-corrected chi connectivity index (χ2v) is 5.49. The molecular formula is C15H22N4O2. The predicted octanol–water partition coefficient (Wildman–Crippen LogP) is 1.27. The summed E-state index contributed by atoms with van der Waals surface area (Å²) in [6.07, 6.45) is 4.78. The maximum Gasteiger partial charge on any atom is 0.248 e. The van der Waals surface area contributed by atoms with Crippen LogP contribution >= 0.6 is 0 Å². The molecule has 6 nitrogen and oxygen atoms in total. The maximum atomic E-state index is 12.9. The Morgan fingerprint density at radius 2 is 1.90 bits per heavy atom. The van der Waals surface area contributed by atoms with Crippen molar-refractivity contribution in [3.8, 4) is 0 Å². The molecule has 0 saturated carbocycles. The average Bonchev–Trinajstić information content (AvgIpc) is 2.58. The number of hydrogen-bond donors (Lipinski definition) is 1. The fraction of sp³-hybridized carbons (Fsp3) is 0.600. The fourth-order valence-electron chi connectivity index (χ4n) is 2.75. The number of amides is 2. The molecule has 6 heteroatoms. The topological polar surface area (TPSA) is 75.2 Å². The molecule has 1 N–H and O–H groups in total. The van der Waals surface area contributed by atoms with E-state index in [0.717, 1.165) is 0 Å². The standard InChI is InChI=1S/C15H22N4O2/c1-4-15(5-2)14(21)19(11(3)9-13(20)18-15)10-12-16-7-6-8-17-12/h6-8,11H,4-5,9-10H2,1-3H3,(H,18,20). The minimum absolute atomic E-state index is 0.0432. The normalized spacial score (nSPS) is 21.9. The Hall–Kier alpha value is -1.98. The van der Waals surface area contributed by atoms with Gasteiger partial charge in [-0.25, -0.2) is 9.97 Å². The summed E-state index contributed by atoms with van der Waals surface area (Å²) in [5.74, 6) is 0.475. The summed E-state index contributed by atoms with van der Waals surface area (Å²) in [5.41, 5.74) is -0.809. The first kappa shape index (κ1) is 15.4. The lowest BCUT2D eigenvalue weighted by molar-refractivity contribution is -0.141. The zero-order valence-electron chi connectivity index (χ0n) is 12.8. The molecule has 1 aliphatic rings. The zero-order chi connectivity index (χ0) is 15.5. The van der Waals surface area contributed by atoms with Crippen LogP contribution in [0.1, 0.15) is 45.9 Å². The van der Waals surface area contributed by atoms with Gasteiger partial charge >= 0.3 is 0 Å². The van der Waals surface area contributed by atoms with Gasteiger partial charge in [-0.1, -0.05) is 13.8 Å². The second-order valence-electron chi connectivity index (χ2n) is 5.49. The van der Waals surface area contributed by atoms with Crippen molar-refractivity contribution in [3.63, 3.8) is 0 Å². The highest BCUT2D eigenvalue weighted by molar-refractivity contribution is 5.93. The SMILES string of the molecule is CCC1(CC)NC(=O)CC(C)N(Cc2ncccn2)C1=O. The van der Waals surface area contributed by atoms with E-state index in [-0.39, 0.29) is 17.9 Å². The van der Waals surface area contributed by atoms with E-state index in [1.807, 2.05) is 20.8 Å². The van der Waals surface area contributed by atoms with Crippen molar-refractivity contribution >= 4 is 11.8 Å². The summed E-state index contributed by atoms with van der Waals surface area (Å²) in [6, 6.07) is 1.58. The van der Waals surface area contributed by atoms with Gasteiger partial charge in [0.25, 0.3) is 0 Å². The Morgan fingerprint density at radius 3 is 2.48 bits per heavy atom. The van der Waals surface area contributed by atoms with Crippen LogP contribution in [0.25, 0.3) is 0 Å². The monoisotopic (exact) mass is 290 g/mol. The first-order valence-corrected chi connectivity index (χ1v) is 7.40. The average molecular weight is 290 g/mol. The molecule has 1 atom stereocenters. The molecule has 2 amide bonds. The molecule has 1 aliphatic heterocycles. The summed E-state index contributed by atoms with van der Waals surface area (Å²) in [6.45, 7) is 6.07. The van der Waals surface area contributed by atoms with Crippen molar-refractivity contribution in [1.29, 1.82) is 0 Å². The summed E-state index contributed by atoms with van der Waals surface area (Å²) in [4.78, 5) is 35.1.